The lowest BCUT2D eigenvalue weighted by molar-refractivity contribution is -0.124. The van der Waals surface area contributed by atoms with Gasteiger partial charge in [-0.05, 0) is 25.0 Å². The Bertz CT molecular complexity index is 509. The molecule has 1 aromatic carbocycles. The molecular formula is C14H15Cl2NO4. The second-order valence-corrected chi connectivity index (χ2v) is 5.43. The van der Waals surface area contributed by atoms with Crippen LogP contribution in [0.5, 0.6) is 0 Å². The Kier molecular flexibility index (Phi) is 5.85. The van der Waals surface area contributed by atoms with Gasteiger partial charge in [0.1, 0.15) is 0 Å². The summed E-state index contributed by atoms with van der Waals surface area (Å²) in [5, 5.41) is 3.03. The van der Waals surface area contributed by atoms with Crippen LogP contribution in [0.1, 0.15) is 23.2 Å². The van der Waals surface area contributed by atoms with Crippen molar-refractivity contribution in [1.82, 2.24) is 5.32 Å². The molecule has 7 heteroatoms. The first-order valence-corrected chi connectivity index (χ1v) is 7.33. The highest BCUT2D eigenvalue weighted by Crippen LogP contribution is 2.24. The first-order valence-electron chi connectivity index (χ1n) is 6.57. The van der Waals surface area contributed by atoms with Crippen molar-refractivity contribution in [2.75, 3.05) is 19.8 Å². The van der Waals surface area contributed by atoms with Crippen LogP contribution in [0.15, 0.2) is 18.2 Å². The molecule has 1 aromatic rings. The normalized spacial score (nSPS) is 17.5. The maximum atomic E-state index is 11.9. The molecule has 2 rings (SSSR count). The molecule has 1 saturated heterocycles. The molecule has 0 spiro atoms. The molecule has 1 N–H and O–H groups in total. The molecule has 114 valence electrons. The number of esters is 1. The van der Waals surface area contributed by atoms with E-state index < -0.39 is 5.97 Å². The standard InChI is InChI=1S/C14H15Cl2NO4/c15-10-4-1-5-11(16)13(10)14(19)21-8-12(18)17-7-9-3-2-6-20-9/h1,4-5,9H,2-3,6-8H2,(H,17,18)/t9-/m1/s1. The summed E-state index contributed by atoms with van der Waals surface area (Å²) in [7, 11) is 0. The minimum atomic E-state index is -0.724. The molecule has 1 aliphatic rings. The lowest BCUT2D eigenvalue weighted by atomic mass is 10.2. The Labute approximate surface area is 132 Å². The third-order valence-electron chi connectivity index (χ3n) is 3.05. The van der Waals surface area contributed by atoms with E-state index >= 15 is 0 Å². The van der Waals surface area contributed by atoms with Crippen LogP contribution in [0.3, 0.4) is 0 Å². The van der Waals surface area contributed by atoms with Gasteiger partial charge in [-0.1, -0.05) is 29.3 Å². The van der Waals surface area contributed by atoms with E-state index in [4.69, 9.17) is 32.7 Å². The van der Waals surface area contributed by atoms with Crippen molar-refractivity contribution in [3.63, 3.8) is 0 Å². The van der Waals surface area contributed by atoms with Gasteiger partial charge in [0.05, 0.1) is 21.7 Å². The number of halogens is 2. The van der Waals surface area contributed by atoms with E-state index in [1.807, 2.05) is 0 Å². The van der Waals surface area contributed by atoms with Gasteiger partial charge in [-0.2, -0.15) is 0 Å². The number of hydrogen-bond donors (Lipinski definition) is 1. The van der Waals surface area contributed by atoms with E-state index in [1.165, 1.54) is 12.1 Å². The Morgan fingerprint density at radius 3 is 2.67 bits per heavy atom. The molecule has 0 aromatic heterocycles. The summed E-state index contributed by atoms with van der Waals surface area (Å²) in [5.41, 5.74) is 0.0627. The van der Waals surface area contributed by atoms with Gasteiger partial charge in [0.2, 0.25) is 0 Å². The Hall–Kier alpha value is -1.30. The van der Waals surface area contributed by atoms with Crippen LogP contribution in [0, 0.1) is 0 Å². The summed E-state index contributed by atoms with van der Waals surface area (Å²) in [6.45, 7) is 0.761. The smallest absolute Gasteiger partial charge is 0.341 e. The first kappa shape index (κ1) is 16.1. The number of amides is 1. The zero-order chi connectivity index (χ0) is 15.2. The third-order valence-corrected chi connectivity index (χ3v) is 3.68. The van der Waals surface area contributed by atoms with E-state index in [0.29, 0.717) is 6.54 Å². The van der Waals surface area contributed by atoms with Gasteiger partial charge in [0.15, 0.2) is 6.61 Å². The van der Waals surface area contributed by atoms with E-state index in [-0.39, 0.29) is 34.2 Å². The maximum absolute atomic E-state index is 11.9. The summed E-state index contributed by atoms with van der Waals surface area (Å²) in [6, 6.07) is 4.68. The summed E-state index contributed by atoms with van der Waals surface area (Å²) >= 11 is 11.8. The molecule has 5 nitrogen and oxygen atoms in total. The Morgan fingerprint density at radius 2 is 2.05 bits per heavy atom. The fraction of sp³-hybridized carbons (Fsp3) is 0.429. The van der Waals surface area contributed by atoms with Gasteiger partial charge in [0, 0.05) is 13.2 Å². The fourth-order valence-corrected chi connectivity index (χ4v) is 2.53. The second kappa shape index (κ2) is 7.64. The molecule has 1 aliphatic heterocycles. The summed E-state index contributed by atoms with van der Waals surface area (Å²) < 4.78 is 10.3. The number of rotatable bonds is 5. The molecule has 1 fully saturated rings. The molecule has 0 bridgehead atoms. The van der Waals surface area contributed by atoms with Gasteiger partial charge >= 0.3 is 5.97 Å². The number of nitrogens with one attached hydrogen (secondary N) is 1. The average Bonchev–Trinajstić information content (AvgIpc) is 2.96. The molecule has 21 heavy (non-hydrogen) atoms. The van der Waals surface area contributed by atoms with Crippen molar-refractivity contribution < 1.29 is 19.1 Å². The summed E-state index contributed by atoms with van der Waals surface area (Å²) in [6.07, 6.45) is 1.97. The molecular weight excluding hydrogens is 317 g/mol. The van der Waals surface area contributed by atoms with Crippen LogP contribution in [-0.4, -0.2) is 37.7 Å². The largest absolute Gasteiger partial charge is 0.452 e. The van der Waals surface area contributed by atoms with Crippen molar-refractivity contribution in [3.8, 4) is 0 Å². The highest BCUT2D eigenvalue weighted by Gasteiger charge is 2.19. The molecule has 0 saturated carbocycles. The summed E-state index contributed by atoms with van der Waals surface area (Å²) in [4.78, 5) is 23.5. The van der Waals surface area contributed by atoms with Crippen LogP contribution < -0.4 is 5.32 Å². The average molecular weight is 332 g/mol. The van der Waals surface area contributed by atoms with E-state index in [2.05, 4.69) is 5.32 Å². The van der Waals surface area contributed by atoms with Crippen molar-refractivity contribution in [2.24, 2.45) is 0 Å². The highest BCUT2D eigenvalue weighted by atomic mass is 35.5. The monoisotopic (exact) mass is 331 g/mol. The maximum Gasteiger partial charge on any atom is 0.341 e. The van der Waals surface area contributed by atoms with E-state index in [9.17, 15) is 9.59 Å². The third kappa shape index (κ3) is 4.59. The minimum absolute atomic E-state index is 0.0441. The van der Waals surface area contributed by atoms with Crippen LogP contribution in [-0.2, 0) is 14.3 Å². The molecule has 1 atom stereocenters. The zero-order valence-electron chi connectivity index (χ0n) is 11.2. The van der Waals surface area contributed by atoms with Gasteiger partial charge < -0.3 is 14.8 Å². The molecule has 0 radical (unpaired) electrons. The van der Waals surface area contributed by atoms with Gasteiger partial charge in [-0.3, -0.25) is 4.79 Å². The lowest BCUT2D eigenvalue weighted by Crippen LogP contribution is -2.34. The van der Waals surface area contributed by atoms with Crippen LogP contribution in [0.2, 0.25) is 10.0 Å². The molecule has 1 amide bonds. The van der Waals surface area contributed by atoms with Crippen LogP contribution in [0.4, 0.5) is 0 Å². The molecule has 0 unspecified atom stereocenters. The van der Waals surface area contributed by atoms with Crippen molar-refractivity contribution in [2.45, 2.75) is 18.9 Å². The van der Waals surface area contributed by atoms with Crippen LogP contribution >= 0.6 is 23.2 Å². The number of benzene rings is 1. The number of ether oxygens (including phenoxy) is 2. The SMILES string of the molecule is O=C(COC(=O)c1c(Cl)cccc1Cl)NC[C@H]1CCCO1. The number of carbonyl (C=O) groups is 2. The predicted octanol–water partition coefficient (Wildman–Crippen LogP) is 2.45. The number of hydrogen-bond acceptors (Lipinski definition) is 4. The molecule has 0 aliphatic carbocycles. The van der Waals surface area contributed by atoms with Crippen LogP contribution in [0.25, 0.3) is 0 Å². The topological polar surface area (TPSA) is 64.6 Å². The summed E-state index contributed by atoms with van der Waals surface area (Å²) in [5.74, 6) is -1.11. The van der Waals surface area contributed by atoms with Gasteiger partial charge in [-0.15, -0.1) is 0 Å². The lowest BCUT2D eigenvalue weighted by Gasteiger charge is -2.11. The van der Waals surface area contributed by atoms with Gasteiger partial charge in [0.25, 0.3) is 5.91 Å². The zero-order valence-corrected chi connectivity index (χ0v) is 12.7. The van der Waals surface area contributed by atoms with Crippen molar-refractivity contribution >= 4 is 35.1 Å². The molecule has 1 heterocycles. The first-order chi connectivity index (χ1) is 10.1. The Balaban J connectivity index is 1.79. The predicted molar refractivity (Wildman–Crippen MR) is 78.7 cm³/mol. The fourth-order valence-electron chi connectivity index (χ4n) is 1.98. The van der Waals surface area contributed by atoms with E-state index in [1.54, 1.807) is 6.07 Å². The minimum Gasteiger partial charge on any atom is -0.452 e. The van der Waals surface area contributed by atoms with Gasteiger partial charge in [-0.25, -0.2) is 4.79 Å². The number of carbonyl (C=O) groups excluding carboxylic acids is 2. The Morgan fingerprint density at radius 1 is 1.33 bits per heavy atom. The quantitative estimate of drug-likeness (QED) is 0.841. The van der Waals surface area contributed by atoms with Crippen molar-refractivity contribution in [3.05, 3.63) is 33.8 Å². The second-order valence-electron chi connectivity index (χ2n) is 4.61. The van der Waals surface area contributed by atoms with E-state index in [0.717, 1.165) is 19.4 Å². The van der Waals surface area contributed by atoms with Crippen molar-refractivity contribution in [1.29, 1.82) is 0 Å². The highest BCUT2D eigenvalue weighted by molar-refractivity contribution is 6.39.